The lowest BCUT2D eigenvalue weighted by Crippen LogP contribution is -2.44. The molecule has 0 saturated heterocycles. The van der Waals surface area contributed by atoms with Crippen molar-refractivity contribution >= 4 is 0 Å². The number of rotatable bonds is 2. The molecule has 2 atom stereocenters. The highest BCUT2D eigenvalue weighted by atomic mass is 16.3. The van der Waals surface area contributed by atoms with E-state index in [4.69, 9.17) is 5.11 Å². The van der Waals surface area contributed by atoms with Gasteiger partial charge in [0.2, 0.25) is 0 Å². The van der Waals surface area contributed by atoms with E-state index in [-0.39, 0.29) is 5.54 Å². The fourth-order valence-corrected chi connectivity index (χ4v) is 1.86. The fraction of sp³-hybridized carbons (Fsp3) is 1.00. The summed E-state index contributed by atoms with van der Waals surface area (Å²) in [5, 5.41) is 12.3. The minimum atomic E-state index is 0.203. The smallest absolute Gasteiger partial charge is 0.0476 e. The number of nitrogens with one attached hydrogen (secondary N) is 1. The van der Waals surface area contributed by atoms with Crippen molar-refractivity contribution in [3.05, 3.63) is 0 Å². The van der Waals surface area contributed by atoms with Gasteiger partial charge in [-0.05, 0) is 32.7 Å². The molecule has 2 nitrogen and oxygen atoms in total. The van der Waals surface area contributed by atoms with Gasteiger partial charge in [-0.15, -0.1) is 0 Å². The van der Waals surface area contributed by atoms with Gasteiger partial charge in [-0.25, -0.2) is 0 Å². The van der Waals surface area contributed by atoms with Crippen LogP contribution in [0.1, 0.15) is 26.2 Å². The molecule has 0 bridgehead atoms. The lowest BCUT2D eigenvalue weighted by Gasteiger charge is -2.29. The zero-order valence-electron chi connectivity index (χ0n) is 6.85. The van der Waals surface area contributed by atoms with Crippen LogP contribution in [-0.4, -0.2) is 24.3 Å². The maximum absolute atomic E-state index is 8.99. The third-order valence-corrected chi connectivity index (χ3v) is 2.94. The normalized spacial score (nSPS) is 40.5. The maximum Gasteiger partial charge on any atom is 0.0476 e. The Balaban J connectivity index is 2.56. The van der Waals surface area contributed by atoms with Crippen molar-refractivity contribution in [2.45, 2.75) is 31.7 Å². The molecule has 1 saturated carbocycles. The van der Waals surface area contributed by atoms with E-state index < -0.39 is 0 Å². The molecule has 0 amide bonds. The summed E-state index contributed by atoms with van der Waals surface area (Å²) in [4.78, 5) is 0. The Kier molecular flexibility index (Phi) is 2.32. The predicted octanol–water partition coefficient (Wildman–Crippen LogP) is 0.757. The molecule has 0 spiro atoms. The molecule has 0 unspecified atom stereocenters. The second-order valence-electron chi connectivity index (χ2n) is 3.44. The summed E-state index contributed by atoms with van der Waals surface area (Å²) >= 11 is 0. The topological polar surface area (TPSA) is 32.3 Å². The molecule has 0 aromatic heterocycles. The van der Waals surface area contributed by atoms with Gasteiger partial charge in [-0.2, -0.15) is 0 Å². The van der Waals surface area contributed by atoms with Crippen molar-refractivity contribution in [1.82, 2.24) is 5.32 Å². The van der Waals surface area contributed by atoms with E-state index in [0.29, 0.717) is 12.5 Å². The summed E-state index contributed by atoms with van der Waals surface area (Å²) in [6.07, 6.45) is 3.63. The Bertz CT molecular complexity index is 116. The lowest BCUT2D eigenvalue weighted by molar-refractivity contribution is 0.164. The first-order valence-electron chi connectivity index (χ1n) is 4.02. The Labute approximate surface area is 62.6 Å². The molecule has 2 heteroatoms. The summed E-state index contributed by atoms with van der Waals surface area (Å²) < 4.78 is 0. The molecule has 1 rings (SSSR count). The first-order valence-corrected chi connectivity index (χ1v) is 4.02. The molecule has 10 heavy (non-hydrogen) atoms. The van der Waals surface area contributed by atoms with E-state index >= 15 is 0 Å². The first-order chi connectivity index (χ1) is 4.73. The molecule has 0 aromatic carbocycles. The van der Waals surface area contributed by atoms with E-state index in [0.717, 1.165) is 0 Å². The second kappa shape index (κ2) is 2.89. The van der Waals surface area contributed by atoms with Crippen LogP contribution in [0, 0.1) is 5.92 Å². The van der Waals surface area contributed by atoms with Crippen LogP contribution in [0.5, 0.6) is 0 Å². The molecule has 2 N–H and O–H groups in total. The van der Waals surface area contributed by atoms with Gasteiger partial charge in [0, 0.05) is 12.1 Å². The highest BCUT2D eigenvalue weighted by molar-refractivity contribution is 4.94. The maximum atomic E-state index is 8.99. The van der Waals surface area contributed by atoms with Crippen LogP contribution in [-0.2, 0) is 0 Å². The van der Waals surface area contributed by atoms with Crippen LogP contribution in [0.4, 0.5) is 0 Å². The monoisotopic (exact) mass is 143 g/mol. The molecular formula is C8H17NO. The van der Waals surface area contributed by atoms with Gasteiger partial charge in [0.05, 0.1) is 0 Å². The third kappa shape index (κ3) is 1.18. The number of hydrogen-bond donors (Lipinski definition) is 2. The first kappa shape index (κ1) is 8.02. The zero-order chi connectivity index (χ0) is 7.61. The highest BCUT2D eigenvalue weighted by Crippen LogP contribution is 2.34. The molecule has 1 aliphatic rings. The van der Waals surface area contributed by atoms with Crippen molar-refractivity contribution in [3.63, 3.8) is 0 Å². The minimum absolute atomic E-state index is 0.203. The van der Waals surface area contributed by atoms with Crippen LogP contribution in [0.15, 0.2) is 0 Å². The molecule has 0 aliphatic heterocycles. The SMILES string of the molecule is CN[C@@]1(C)CCC[C@H]1CO. The molecule has 0 heterocycles. The molecule has 0 radical (unpaired) electrons. The quantitative estimate of drug-likeness (QED) is 0.598. The average Bonchev–Trinajstić information content (AvgIpc) is 2.32. The molecule has 1 fully saturated rings. The second-order valence-corrected chi connectivity index (χ2v) is 3.44. The van der Waals surface area contributed by atoms with Gasteiger partial charge in [-0.1, -0.05) is 6.42 Å². The highest BCUT2D eigenvalue weighted by Gasteiger charge is 2.36. The van der Waals surface area contributed by atoms with E-state index in [1.54, 1.807) is 0 Å². The summed E-state index contributed by atoms with van der Waals surface area (Å²) in [5.74, 6) is 0.470. The van der Waals surface area contributed by atoms with Gasteiger partial charge in [-0.3, -0.25) is 0 Å². The Hall–Kier alpha value is -0.0800. The van der Waals surface area contributed by atoms with Gasteiger partial charge in [0.15, 0.2) is 0 Å². The van der Waals surface area contributed by atoms with E-state index in [2.05, 4.69) is 12.2 Å². The molecule has 60 valence electrons. The predicted molar refractivity (Wildman–Crippen MR) is 41.9 cm³/mol. The van der Waals surface area contributed by atoms with Crippen molar-refractivity contribution in [1.29, 1.82) is 0 Å². The standard InChI is InChI=1S/C8H17NO/c1-8(9-2)5-3-4-7(8)6-10/h7,9-10H,3-6H2,1-2H3/t7-,8-/m0/s1. The fourth-order valence-electron chi connectivity index (χ4n) is 1.86. The Morgan fingerprint density at radius 3 is 2.80 bits per heavy atom. The Morgan fingerprint density at radius 2 is 2.40 bits per heavy atom. The van der Waals surface area contributed by atoms with Crippen LogP contribution >= 0.6 is 0 Å². The van der Waals surface area contributed by atoms with Crippen molar-refractivity contribution in [3.8, 4) is 0 Å². The van der Waals surface area contributed by atoms with Gasteiger partial charge >= 0.3 is 0 Å². The molecule has 0 aromatic rings. The van der Waals surface area contributed by atoms with E-state index in [1.165, 1.54) is 19.3 Å². The lowest BCUT2D eigenvalue weighted by atomic mass is 9.90. The van der Waals surface area contributed by atoms with Crippen LogP contribution in [0.25, 0.3) is 0 Å². The molecule has 1 aliphatic carbocycles. The van der Waals surface area contributed by atoms with E-state index in [1.807, 2.05) is 7.05 Å². The van der Waals surface area contributed by atoms with E-state index in [9.17, 15) is 0 Å². The van der Waals surface area contributed by atoms with Crippen molar-refractivity contribution < 1.29 is 5.11 Å². The zero-order valence-corrected chi connectivity index (χ0v) is 6.85. The number of aliphatic hydroxyl groups excluding tert-OH is 1. The summed E-state index contributed by atoms with van der Waals surface area (Å²) in [7, 11) is 1.98. The Morgan fingerprint density at radius 1 is 1.70 bits per heavy atom. The minimum Gasteiger partial charge on any atom is -0.396 e. The van der Waals surface area contributed by atoms with Gasteiger partial charge in [0.25, 0.3) is 0 Å². The molecular weight excluding hydrogens is 126 g/mol. The van der Waals surface area contributed by atoms with Crippen LogP contribution in [0.3, 0.4) is 0 Å². The van der Waals surface area contributed by atoms with Crippen LogP contribution < -0.4 is 5.32 Å². The summed E-state index contributed by atoms with van der Waals surface area (Å²) in [6, 6.07) is 0. The van der Waals surface area contributed by atoms with Crippen molar-refractivity contribution in [2.24, 2.45) is 5.92 Å². The number of aliphatic hydroxyl groups is 1. The summed E-state index contributed by atoms with van der Waals surface area (Å²) in [6.45, 7) is 2.53. The van der Waals surface area contributed by atoms with Gasteiger partial charge in [0.1, 0.15) is 0 Å². The van der Waals surface area contributed by atoms with Crippen molar-refractivity contribution in [2.75, 3.05) is 13.7 Å². The van der Waals surface area contributed by atoms with Crippen LogP contribution in [0.2, 0.25) is 0 Å². The third-order valence-electron chi connectivity index (χ3n) is 2.94. The number of hydrogen-bond acceptors (Lipinski definition) is 2. The average molecular weight is 143 g/mol. The van der Waals surface area contributed by atoms with Gasteiger partial charge < -0.3 is 10.4 Å². The summed E-state index contributed by atoms with van der Waals surface area (Å²) in [5.41, 5.74) is 0.203. The largest absolute Gasteiger partial charge is 0.396 e.